The Bertz CT molecular complexity index is 583. The van der Waals surface area contributed by atoms with Gasteiger partial charge < -0.3 is 4.90 Å². The Morgan fingerprint density at radius 2 is 1.89 bits per heavy atom. The lowest BCUT2D eigenvalue weighted by molar-refractivity contribution is 0.112. The molecule has 2 aromatic rings. The molecule has 2 nitrogen and oxygen atoms in total. The van der Waals surface area contributed by atoms with Crippen molar-refractivity contribution in [3.8, 4) is 0 Å². The van der Waals surface area contributed by atoms with E-state index in [1.54, 1.807) is 24.3 Å². The average Bonchev–Trinajstić information content (AvgIpc) is 2.41. The van der Waals surface area contributed by atoms with E-state index in [1.807, 2.05) is 24.1 Å². The molecule has 0 saturated heterocycles. The number of benzene rings is 2. The molecular weight excluding hydrogens is 265 g/mol. The van der Waals surface area contributed by atoms with Crippen LogP contribution in [0.2, 0.25) is 5.02 Å². The topological polar surface area (TPSA) is 20.3 Å². The Labute approximate surface area is 116 Å². The first-order valence-corrected chi connectivity index (χ1v) is 6.19. The first-order valence-electron chi connectivity index (χ1n) is 5.81. The van der Waals surface area contributed by atoms with Gasteiger partial charge in [0.2, 0.25) is 0 Å². The van der Waals surface area contributed by atoms with E-state index < -0.39 is 5.82 Å². The Morgan fingerprint density at radius 3 is 2.53 bits per heavy atom. The van der Waals surface area contributed by atoms with Crippen molar-refractivity contribution in [2.75, 3.05) is 11.9 Å². The number of nitrogens with zero attached hydrogens (tertiary/aromatic N) is 1. The molecule has 0 aliphatic heterocycles. The third-order valence-electron chi connectivity index (χ3n) is 2.89. The summed E-state index contributed by atoms with van der Waals surface area (Å²) in [4.78, 5) is 12.8. The number of halogens is 2. The maximum Gasteiger partial charge on any atom is 0.155 e. The summed E-state index contributed by atoms with van der Waals surface area (Å²) in [6.45, 7) is 0.571. The molecule has 19 heavy (non-hydrogen) atoms. The summed E-state index contributed by atoms with van der Waals surface area (Å²) in [6.07, 6.45) is 0.545. The molecule has 0 atom stereocenters. The molecule has 0 unspecified atom stereocenters. The molecule has 2 aromatic carbocycles. The number of rotatable bonds is 4. The molecule has 0 aliphatic carbocycles. The van der Waals surface area contributed by atoms with Crippen molar-refractivity contribution in [3.05, 3.63) is 64.4 Å². The van der Waals surface area contributed by atoms with Crippen LogP contribution in [-0.2, 0) is 6.54 Å². The zero-order valence-corrected chi connectivity index (χ0v) is 11.2. The van der Waals surface area contributed by atoms with E-state index in [0.29, 0.717) is 23.5 Å². The molecule has 0 fully saturated rings. The highest BCUT2D eigenvalue weighted by molar-refractivity contribution is 6.30. The highest BCUT2D eigenvalue weighted by atomic mass is 35.5. The zero-order valence-electron chi connectivity index (χ0n) is 10.4. The van der Waals surface area contributed by atoms with Crippen LogP contribution in [0.1, 0.15) is 15.9 Å². The van der Waals surface area contributed by atoms with Gasteiger partial charge in [-0.25, -0.2) is 4.39 Å². The van der Waals surface area contributed by atoms with E-state index in [9.17, 15) is 9.18 Å². The van der Waals surface area contributed by atoms with Crippen LogP contribution in [-0.4, -0.2) is 13.3 Å². The van der Waals surface area contributed by atoms with Gasteiger partial charge in [0.05, 0.1) is 11.3 Å². The smallest absolute Gasteiger partial charge is 0.155 e. The van der Waals surface area contributed by atoms with Crippen molar-refractivity contribution in [2.24, 2.45) is 0 Å². The molecule has 0 N–H and O–H groups in total. The van der Waals surface area contributed by atoms with E-state index in [4.69, 9.17) is 11.6 Å². The van der Waals surface area contributed by atoms with Crippen LogP contribution < -0.4 is 4.90 Å². The summed E-state index contributed by atoms with van der Waals surface area (Å²) in [5, 5.41) is 0.672. The Balaban J connectivity index is 2.25. The Kier molecular flexibility index (Phi) is 4.17. The van der Waals surface area contributed by atoms with Crippen LogP contribution in [0.15, 0.2) is 42.5 Å². The normalized spacial score (nSPS) is 10.3. The monoisotopic (exact) mass is 277 g/mol. The number of carbonyl (C=O) groups excluding carboxylic acids is 1. The average molecular weight is 278 g/mol. The molecule has 2 rings (SSSR count). The van der Waals surface area contributed by atoms with Crippen LogP contribution in [0, 0.1) is 5.82 Å². The number of anilines is 1. The summed E-state index contributed by atoms with van der Waals surface area (Å²) < 4.78 is 13.5. The van der Waals surface area contributed by atoms with Crippen molar-refractivity contribution in [1.29, 1.82) is 0 Å². The highest BCUT2D eigenvalue weighted by Crippen LogP contribution is 2.22. The predicted octanol–water partition coefficient (Wildman–Crippen LogP) is 3.93. The molecule has 0 radical (unpaired) electrons. The fraction of sp³-hybridized carbons (Fsp3) is 0.133. The van der Waals surface area contributed by atoms with E-state index in [-0.39, 0.29) is 5.56 Å². The van der Waals surface area contributed by atoms with Gasteiger partial charge in [0.1, 0.15) is 5.82 Å². The maximum atomic E-state index is 13.5. The molecule has 0 aliphatic rings. The Hall–Kier alpha value is -1.87. The number of aldehydes is 1. The van der Waals surface area contributed by atoms with Gasteiger partial charge in [-0.15, -0.1) is 0 Å². The molecule has 0 amide bonds. The van der Waals surface area contributed by atoms with Crippen LogP contribution >= 0.6 is 11.6 Å². The van der Waals surface area contributed by atoms with Gasteiger partial charge in [-0.2, -0.15) is 0 Å². The second-order valence-corrected chi connectivity index (χ2v) is 4.71. The van der Waals surface area contributed by atoms with E-state index >= 15 is 0 Å². The fourth-order valence-corrected chi connectivity index (χ4v) is 2.05. The number of carbonyl (C=O) groups is 1. The molecule has 4 heteroatoms. The van der Waals surface area contributed by atoms with E-state index in [2.05, 4.69) is 0 Å². The van der Waals surface area contributed by atoms with Gasteiger partial charge in [-0.1, -0.05) is 29.8 Å². The van der Waals surface area contributed by atoms with Crippen molar-refractivity contribution < 1.29 is 9.18 Å². The summed E-state index contributed by atoms with van der Waals surface area (Å²) in [5.41, 5.74) is 1.69. The highest BCUT2D eigenvalue weighted by Gasteiger charge is 2.11. The molecule has 0 heterocycles. The third-order valence-corrected chi connectivity index (χ3v) is 3.14. The molecule has 0 spiro atoms. The maximum absolute atomic E-state index is 13.5. The van der Waals surface area contributed by atoms with Crippen LogP contribution in [0.4, 0.5) is 10.1 Å². The van der Waals surface area contributed by atoms with Gasteiger partial charge in [0.25, 0.3) is 0 Å². The minimum Gasteiger partial charge on any atom is -0.370 e. The molecule has 0 aromatic heterocycles. The fourth-order valence-electron chi connectivity index (χ4n) is 1.92. The second kappa shape index (κ2) is 5.85. The summed E-state index contributed by atoms with van der Waals surface area (Å²) in [5.74, 6) is -0.504. The summed E-state index contributed by atoms with van der Waals surface area (Å²) in [7, 11) is 1.82. The number of hydrogen-bond donors (Lipinski definition) is 0. The molecule has 98 valence electrons. The quantitative estimate of drug-likeness (QED) is 0.789. The van der Waals surface area contributed by atoms with Crippen molar-refractivity contribution in [3.63, 3.8) is 0 Å². The lowest BCUT2D eigenvalue weighted by Gasteiger charge is -2.21. The first kappa shape index (κ1) is 13.6. The standard InChI is InChI=1S/C15H13ClFNO/c1-18(9-11-5-7-12(16)8-6-11)15-4-2-3-14(17)13(15)10-19/h2-8,10H,9H2,1H3. The first-order chi connectivity index (χ1) is 9.11. The largest absolute Gasteiger partial charge is 0.370 e. The van der Waals surface area contributed by atoms with Gasteiger partial charge in [-0.3, -0.25) is 4.79 Å². The SMILES string of the molecule is CN(Cc1ccc(Cl)cc1)c1cccc(F)c1C=O. The predicted molar refractivity (Wildman–Crippen MR) is 75.3 cm³/mol. The van der Waals surface area contributed by atoms with Crippen LogP contribution in [0.3, 0.4) is 0 Å². The number of hydrogen-bond acceptors (Lipinski definition) is 2. The molecule has 0 saturated carbocycles. The van der Waals surface area contributed by atoms with Gasteiger partial charge in [0.15, 0.2) is 6.29 Å². The zero-order chi connectivity index (χ0) is 13.8. The van der Waals surface area contributed by atoms with E-state index in [1.165, 1.54) is 6.07 Å². The lowest BCUT2D eigenvalue weighted by atomic mass is 10.1. The van der Waals surface area contributed by atoms with Crippen LogP contribution in [0.5, 0.6) is 0 Å². The van der Waals surface area contributed by atoms with Crippen molar-refractivity contribution in [2.45, 2.75) is 6.54 Å². The van der Waals surface area contributed by atoms with Crippen molar-refractivity contribution >= 4 is 23.6 Å². The third kappa shape index (κ3) is 3.12. The van der Waals surface area contributed by atoms with Crippen molar-refractivity contribution in [1.82, 2.24) is 0 Å². The lowest BCUT2D eigenvalue weighted by Crippen LogP contribution is -2.18. The summed E-state index contributed by atoms with van der Waals surface area (Å²) in [6, 6.07) is 12.0. The minimum absolute atomic E-state index is 0.0824. The minimum atomic E-state index is -0.504. The Morgan fingerprint density at radius 1 is 1.21 bits per heavy atom. The summed E-state index contributed by atoms with van der Waals surface area (Å²) >= 11 is 5.82. The second-order valence-electron chi connectivity index (χ2n) is 4.27. The van der Waals surface area contributed by atoms with Crippen LogP contribution in [0.25, 0.3) is 0 Å². The van der Waals surface area contributed by atoms with Gasteiger partial charge in [0, 0.05) is 18.6 Å². The molecule has 0 bridgehead atoms. The van der Waals surface area contributed by atoms with E-state index in [0.717, 1.165) is 5.56 Å². The van der Waals surface area contributed by atoms with Gasteiger partial charge in [-0.05, 0) is 29.8 Å². The molecular formula is C15H13ClFNO. The van der Waals surface area contributed by atoms with Gasteiger partial charge >= 0.3 is 0 Å².